The lowest BCUT2D eigenvalue weighted by molar-refractivity contribution is -0.143. The van der Waals surface area contributed by atoms with Crippen molar-refractivity contribution in [2.45, 2.75) is 12.4 Å². The number of likely N-dealkylation sites (N-methyl/N-ethyl adjacent to an activating group) is 1. The number of rotatable bonds is 7. The number of aliphatic imine (C=N–C) groups is 1. The normalized spacial score (nSPS) is 12.8. The lowest BCUT2D eigenvalue weighted by Gasteiger charge is -2.22. The van der Waals surface area contributed by atoms with E-state index in [1.54, 1.807) is 7.05 Å². The van der Waals surface area contributed by atoms with Gasteiger partial charge in [-0.3, -0.25) is 9.89 Å². The van der Waals surface area contributed by atoms with Gasteiger partial charge in [0.25, 0.3) is 0 Å². The van der Waals surface area contributed by atoms with Crippen molar-refractivity contribution < 1.29 is 40.3 Å². The Morgan fingerprint density at radius 2 is 1.74 bits per heavy atom. The molecule has 0 bridgehead atoms. The summed E-state index contributed by atoms with van der Waals surface area (Å²) in [7, 11) is 2.75. The van der Waals surface area contributed by atoms with Crippen LogP contribution in [-0.4, -0.2) is 39.5 Å². The highest BCUT2D eigenvalue weighted by molar-refractivity contribution is 6.11. The fraction of sp³-hybridized carbons (Fsp3) is 0.273. The van der Waals surface area contributed by atoms with Crippen LogP contribution in [0.5, 0.6) is 5.75 Å². The van der Waals surface area contributed by atoms with Crippen LogP contribution >= 0.6 is 0 Å². The van der Waals surface area contributed by atoms with Gasteiger partial charge in [0, 0.05) is 42.8 Å². The Hall–Kier alpha value is -3.61. The van der Waals surface area contributed by atoms with Crippen LogP contribution in [0.25, 0.3) is 5.57 Å². The van der Waals surface area contributed by atoms with E-state index in [2.05, 4.69) is 10.3 Å². The first-order chi connectivity index (χ1) is 16.3. The summed E-state index contributed by atoms with van der Waals surface area (Å²) in [5, 5.41) is 2.77. The quantitative estimate of drug-likeness (QED) is 0.312. The molecule has 0 fully saturated rings. The molecule has 0 aliphatic rings. The Kier molecular flexibility index (Phi) is 8.85. The van der Waals surface area contributed by atoms with E-state index in [1.807, 2.05) is 0 Å². The molecule has 0 aliphatic heterocycles. The maximum atomic E-state index is 13.8. The van der Waals surface area contributed by atoms with Crippen molar-refractivity contribution in [2.75, 3.05) is 32.1 Å². The van der Waals surface area contributed by atoms with Crippen molar-refractivity contribution in [3.05, 3.63) is 65.1 Å². The van der Waals surface area contributed by atoms with Gasteiger partial charge in [0.1, 0.15) is 5.82 Å². The molecular formula is C22H21F7N4O2. The highest BCUT2D eigenvalue weighted by atomic mass is 19.4. The SMILES string of the molecule is CNCCN=CC(=CN)c1cc(C(F)(F)F)cc(C(F)(F)F)c1OC(=O)N(C)c1ccc(F)cc1. The summed E-state index contributed by atoms with van der Waals surface area (Å²) in [6.45, 7) is 0.510. The van der Waals surface area contributed by atoms with Gasteiger partial charge >= 0.3 is 18.4 Å². The van der Waals surface area contributed by atoms with Crippen LogP contribution in [-0.2, 0) is 12.4 Å². The number of nitrogens with zero attached hydrogens (tertiary/aromatic N) is 2. The Balaban J connectivity index is 2.66. The topological polar surface area (TPSA) is 80.0 Å². The molecule has 13 heteroatoms. The van der Waals surface area contributed by atoms with E-state index in [4.69, 9.17) is 10.5 Å². The van der Waals surface area contributed by atoms with Crippen molar-refractivity contribution in [3.63, 3.8) is 0 Å². The van der Waals surface area contributed by atoms with Crippen LogP contribution in [0.3, 0.4) is 0 Å². The van der Waals surface area contributed by atoms with Gasteiger partial charge in [-0.2, -0.15) is 26.3 Å². The van der Waals surface area contributed by atoms with Gasteiger partial charge < -0.3 is 15.8 Å². The number of amides is 1. The molecule has 0 saturated heterocycles. The molecule has 0 unspecified atom stereocenters. The van der Waals surface area contributed by atoms with Crippen LogP contribution in [0.4, 0.5) is 41.2 Å². The second kappa shape index (κ2) is 11.2. The number of hydrogen-bond donors (Lipinski definition) is 2. The van der Waals surface area contributed by atoms with Crippen molar-refractivity contribution in [3.8, 4) is 5.75 Å². The van der Waals surface area contributed by atoms with Gasteiger partial charge in [-0.1, -0.05) is 0 Å². The Morgan fingerprint density at radius 3 is 2.26 bits per heavy atom. The van der Waals surface area contributed by atoms with Crippen molar-refractivity contribution in [1.29, 1.82) is 0 Å². The van der Waals surface area contributed by atoms with Gasteiger partial charge in [0.05, 0.1) is 17.7 Å². The van der Waals surface area contributed by atoms with Crippen LogP contribution < -0.4 is 20.7 Å². The Bertz CT molecular complexity index is 1090. The van der Waals surface area contributed by atoms with E-state index in [-0.39, 0.29) is 23.9 Å². The number of carbonyl (C=O) groups excluding carboxylic acids is 1. The number of halogens is 7. The monoisotopic (exact) mass is 506 g/mol. The van der Waals surface area contributed by atoms with Gasteiger partial charge in [0.2, 0.25) is 0 Å². The van der Waals surface area contributed by atoms with Crippen LogP contribution in [0, 0.1) is 5.82 Å². The molecule has 0 heterocycles. The third-order valence-electron chi connectivity index (χ3n) is 4.61. The highest BCUT2D eigenvalue weighted by Gasteiger charge is 2.41. The predicted octanol–water partition coefficient (Wildman–Crippen LogP) is 5.09. The Labute approximate surface area is 195 Å². The molecule has 0 atom stereocenters. The number of allylic oxidation sites excluding steroid dienone is 1. The van der Waals surface area contributed by atoms with E-state index < -0.39 is 46.7 Å². The molecule has 35 heavy (non-hydrogen) atoms. The van der Waals surface area contributed by atoms with Crippen LogP contribution in [0.2, 0.25) is 0 Å². The summed E-state index contributed by atoms with van der Waals surface area (Å²) in [6, 6.07) is 4.55. The number of anilines is 1. The standard InChI is InChI=1S/C22H21F7N4O2/c1-31-7-8-32-12-13(11-30)17-9-14(21(24,25)26)10-18(22(27,28)29)19(17)35-20(34)33(2)16-5-3-15(23)4-6-16/h3-6,9-12,31H,7-8,30H2,1-2H3. The predicted molar refractivity (Wildman–Crippen MR) is 117 cm³/mol. The molecule has 2 aromatic carbocycles. The second-order valence-electron chi connectivity index (χ2n) is 7.06. The zero-order valence-electron chi connectivity index (χ0n) is 18.5. The average Bonchev–Trinajstić information content (AvgIpc) is 2.78. The number of alkyl halides is 6. The first kappa shape index (κ1) is 27.6. The molecule has 2 aromatic rings. The summed E-state index contributed by atoms with van der Waals surface area (Å²) in [5.41, 5.74) is 0.981. The average molecular weight is 506 g/mol. The third kappa shape index (κ3) is 7.18. The zero-order valence-corrected chi connectivity index (χ0v) is 18.5. The fourth-order valence-electron chi connectivity index (χ4n) is 2.79. The first-order valence-corrected chi connectivity index (χ1v) is 9.89. The lowest BCUT2D eigenvalue weighted by atomic mass is 9.98. The van der Waals surface area contributed by atoms with E-state index in [9.17, 15) is 35.5 Å². The number of hydrogen-bond acceptors (Lipinski definition) is 5. The smallest absolute Gasteiger partial charge is 0.409 e. The molecule has 1 amide bonds. The van der Waals surface area contributed by atoms with Gasteiger partial charge in [0.15, 0.2) is 5.75 Å². The van der Waals surface area contributed by atoms with E-state index in [1.165, 1.54) is 0 Å². The first-order valence-electron chi connectivity index (χ1n) is 9.89. The van der Waals surface area contributed by atoms with Crippen molar-refractivity contribution in [1.82, 2.24) is 5.32 Å². The minimum absolute atomic E-state index is 0.0571. The number of carbonyl (C=O) groups is 1. The van der Waals surface area contributed by atoms with E-state index >= 15 is 0 Å². The van der Waals surface area contributed by atoms with Crippen molar-refractivity contribution >= 4 is 23.6 Å². The largest absolute Gasteiger partial charge is 0.420 e. The number of nitrogens with one attached hydrogen (secondary N) is 1. The fourth-order valence-corrected chi connectivity index (χ4v) is 2.79. The van der Waals surface area contributed by atoms with Gasteiger partial charge in [-0.15, -0.1) is 0 Å². The minimum atomic E-state index is -5.33. The number of nitrogens with two attached hydrogens (primary N) is 1. The second-order valence-corrected chi connectivity index (χ2v) is 7.06. The summed E-state index contributed by atoms with van der Waals surface area (Å²) >= 11 is 0. The molecule has 0 radical (unpaired) electrons. The van der Waals surface area contributed by atoms with E-state index in [0.29, 0.717) is 12.6 Å². The molecule has 0 saturated carbocycles. The molecule has 6 nitrogen and oxygen atoms in total. The minimum Gasteiger partial charge on any atom is -0.409 e. The maximum Gasteiger partial charge on any atom is 0.420 e. The third-order valence-corrected chi connectivity index (χ3v) is 4.61. The summed E-state index contributed by atoms with van der Waals surface area (Å²) in [6.07, 6.45) is -10.1. The molecule has 2 rings (SSSR count). The lowest BCUT2D eigenvalue weighted by Crippen LogP contribution is -2.30. The van der Waals surface area contributed by atoms with Crippen molar-refractivity contribution in [2.24, 2.45) is 10.7 Å². The molecule has 3 N–H and O–H groups in total. The van der Waals surface area contributed by atoms with Crippen LogP contribution in [0.15, 0.2) is 47.6 Å². The van der Waals surface area contributed by atoms with Gasteiger partial charge in [-0.25, -0.2) is 9.18 Å². The van der Waals surface area contributed by atoms with E-state index in [0.717, 1.165) is 48.6 Å². The Morgan fingerprint density at radius 1 is 1.11 bits per heavy atom. The maximum absolute atomic E-state index is 13.8. The van der Waals surface area contributed by atoms with Gasteiger partial charge in [-0.05, 0) is 43.4 Å². The van der Waals surface area contributed by atoms with Crippen LogP contribution in [0.1, 0.15) is 16.7 Å². The number of benzene rings is 2. The molecule has 0 spiro atoms. The molecule has 0 aliphatic carbocycles. The summed E-state index contributed by atoms with van der Waals surface area (Å²) in [5.74, 6) is -1.82. The molecular weight excluding hydrogens is 485 g/mol. The summed E-state index contributed by atoms with van der Waals surface area (Å²) < 4.78 is 99.9. The molecule has 190 valence electrons. The zero-order chi connectivity index (χ0) is 26.4. The number of ether oxygens (including phenoxy) is 1. The summed E-state index contributed by atoms with van der Waals surface area (Å²) in [4.78, 5) is 17.3. The highest BCUT2D eigenvalue weighted by Crippen LogP contribution is 2.44. The molecule has 0 aromatic heterocycles.